The van der Waals surface area contributed by atoms with Crippen LogP contribution in [0.5, 0.6) is 0 Å². The zero-order chi connectivity index (χ0) is 24.0. The summed E-state index contributed by atoms with van der Waals surface area (Å²) < 4.78 is 1.90. The molecule has 2 amide bonds. The number of carbonyl (C=O) groups excluding carboxylic acids is 2. The number of pyridine rings is 1. The van der Waals surface area contributed by atoms with Crippen molar-refractivity contribution in [3.8, 4) is 0 Å². The summed E-state index contributed by atoms with van der Waals surface area (Å²) in [6, 6.07) is 4.28. The maximum absolute atomic E-state index is 13.0. The van der Waals surface area contributed by atoms with Crippen molar-refractivity contribution in [1.82, 2.24) is 24.6 Å². The number of rotatable bonds is 5. The van der Waals surface area contributed by atoms with E-state index in [9.17, 15) is 9.59 Å². The van der Waals surface area contributed by atoms with E-state index >= 15 is 0 Å². The van der Waals surface area contributed by atoms with Crippen LogP contribution in [0.2, 0.25) is 0 Å². The molecule has 34 heavy (non-hydrogen) atoms. The average Bonchev–Trinajstić information content (AvgIpc) is 3.08. The van der Waals surface area contributed by atoms with Crippen molar-refractivity contribution in [2.24, 2.45) is 18.9 Å². The first kappa shape index (κ1) is 22.9. The number of carbonyl (C=O) groups is 2. The Morgan fingerprint density at radius 2 is 2.03 bits per heavy atom. The number of fused-ring (bicyclic) bond motifs is 4. The van der Waals surface area contributed by atoms with Gasteiger partial charge in [-0.15, -0.1) is 0 Å². The van der Waals surface area contributed by atoms with E-state index in [2.05, 4.69) is 26.8 Å². The van der Waals surface area contributed by atoms with Crippen molar-refractivity contribution in [1.29, 1.82) is 0 Å². The quantitative estimate of drug-likeness (QED) is 0.680. The topological polar surface area (TPSA) is 74.6 Å². The Morgan fingerprint density at radius 1 is 1.21 bits per heavy atom. The van der Waals surface area contributed by atoms with E-state index in [0.29, 0.717) is 42.3 Å². The molecule has 5 heterocycles. The van der Waals surface area contributed by atoms with Crippen molar-refractivity contribution < 1.29 is 9.59 Å². The zero-order valence-electron chi connectivity index (χ0n) is 20.8. The smallest absolute Gasteiger partial charge is 0.255 e. The van der Waals surface area contributed by atoms with E-state index in [0.717, 1.165) is 56.1 Å². The third-order valence-electron chi connectivity index (χ3n) is 8.20. The lowest BCUT2D eigenvalue weighted by Gasteiger charge is -2.52. The second kappa shape index (κ2) is 9.04. The third kappa shape index (κ3) is 4.18. The van der Waals surface area contributed by atoms with Gasteiger partial charge in [-0.25, -0.2) is 4.98 Å². The Bertz CT molecular complexity index is 1080. The lowest BCUT2D eigenvalue weighted by atomic mass is 9.76. The number of amides is 2. The minimum Gasteiger partial charge on any atom is -0.356 e. The maximum Gasteiger partial charge on any atom is 0.255 e. The molecule has 0 saturated carbocycles. The summed E-state index contributed by atoms with van der Waals surface area (Å²) in [5.74, 6) is 2.30. The van der Waals surface area contributed by atoms with E-state index < -0.39 is 0 Å². The van der Waals surface area contributed by atoms with Gasteiger partial charge in [-0.05, 0) is 69.1 Å². The number of hydrogen-bond acceptors (Lipinski definition) is 5. The molecule has 2 unspecified atom stereocenters. The number of nitrogens with zero attached hydrogens (tertiary/aromatic N) is 6. The van der Waals surface area contributed by atoms with Gasteiger partial charge in [-0.1, -0.05) is 0 Å². The summed E-state index contributed by atoms with van der Waals surface area (Å²) in [6.07, 6.45) is 6.58. The van der Waals surface area contributed by atoms with Crippen LogP contribution in [0.15, 0.2) is 18.3 Å². The summed E-state index contributed by atoms with van der Waals surface area (Å²) in [5, 5.41) is 4.47. The lowest BCUT2D eigenvalue weighted by Crippen LogP contribution is -2.60. The summed E-state index contributed by atoms with van der Waals surface area (Å²) in [7, 11) is 3.80. The summed E-state index contributed by atoms with van der Waals surface area (Å²) in [5.41, 5.74) is 4.01. The van der Waals surface area contributed by atoms with Crippen LogP contribution in [0, 0.1) is 25.7 Å². The molecule has 2 bridgehead atoms. The van der Waals surface area contributed by atoms with Gasteiger partial charge in [0.15, 0.2) is 0 Å². The highest BCUT2D eigenvalue weighted by Gasteiger charge is 2.44. The van der Waals surface area contributed by atoms with Crippen LogP contribution in [0.3, 0.4) is 0 Å². The monoisotopic (exact) mass is 464 g/mol. The van der Waals surface area contributed by atoms with Gasteiger partial charge in [0.25, 0.3) is 5.91 Å². The van der Waals surface area contributed by atoms with E-state index in [1.165, 1.54) is 12.0 Å². The minimum atomic E-state index is -0.00915. The molecule has 3 aliphatic heterocycles. The highest BCUT2D eigenvalue weighted by molar-refractivity contribution is 5.94. The maximum atomic E-state index is 13.0. The first-order chi connectivity index (χ1) is 16.3. The SMILES string of the molecule is Cc1nn(C)c(C)c1CCN(C)C(=O)c1ccc(N2CC3CC(C2)[C@H]2CCCC(=O)N2C3)nc1. The highest BCUT2D eigenvalue weighted by Crippen LogP contribution is 2.38. The fourth-order valence-electron chi connectivity index (χ4n) is 6.28. The van der Waals surface area contributed by atoms with Gasteiger partial charge in [0.2, 0.25) is 5.91 Å². The van der Waals surface area contributed by atoms with Gasteiger partial charge in [0, 0.05) is 64.6 Å². The molecule has 5 rings (SSSR count). The van der Waals surface area contributed by atoms with Crippen molar-refractivity contribution in [3.63, 3.8) is 0 Å². The number of aryl methyl sites for hydroxylation is 2. The molecule has 8 nitrogen and oxygen atoms in total. The lowest BCUT2D eigenvalue weighted by molar-refractivity contribution is -0.142. The van der Waals surface area contributed by atoms with E-state index in [1.54, 1.807) is 11.1 Å². The van der Waals surface area contributed by atoms with Crippen LogP contribution >= 0.6 is 0 Å². The van der Waals surface area contributed by atoms with Crippen LogP contribution in [0.4, 0.5) is 5.82 Å². The normalized spacial score (nSPS) is 24.2. The van der Waals surface area contributed by atoms with Crippen molar-refractivity contribution in [3.05, 3.63) is 40.8 Å². The Kier molecular flexibility index (Phi) is 6.08. The molecule has 2 aromatic rings. The summed E-state index contributed by atoms with van der Waals surface area (Å²) >= 11 is 0. The Hall–Kier alpha value is -2.90. The van der Waals surface area contributed by atoms with Gasteiger partial charge in [-0.2, -0.15) is 5.10 Å². The molecule has 182 valence electrons. The first-order valence-electron chi connectivity index (χ1n) is 12.6. The summed E-state index contributed by atoms with van der Waals surface area (Å²) in [6.45, 7) is 7.48. The predicted octanol–water partition coefficient (Wildman–Crippen LogP) is 2.58. The minimum absolute atomic E-state index is 0.00915. The molecule has 0 N–H and O–H groups in total. The fourth-order valence-corrected chi connectivity index (χ4v) is 6.28. The number of likely N-dealkylation sites (N-methyl/N-ethyl adjacent to an activating group) is 1. The molecule has 0 radical (unpaired) electrons. The molecule has 3 atom stereocenters. The van der Waals surface area contributed by atoms with Crippen molar-refractivity contribution >= 4 is 17.6 Å². The van der Waals surface area contributed by atoms with Crippen molar-refractivity contribution in [2.45, 2.75) is 52.0 Å². The van der Waals surface area contributed by atoms with Crippen LogP contribution in [0.1, 0.15) is 53.0 Å². The van der Waals surface area contributed by atoms with Crippen LogP contribution in [0.25, 0.3) is 0 Å². The molecule has 0 aromatic carbocycles. The van der Waals surface area contributed by atoms with E-state index in [1.807, 2.05) is 37.8 Å². The number of piperidine rings is 3. The molecular weight excluding hydrogens is 428 g/mol. The molecule has 2 aromatic heterocycles. The average molecular weight is 465 g/mol. The predicted molar refractivity (Wildman–Crippen MR) is 131 cm³/mol. The second-order valence-corrected chi connectivity index (χ2v) is 10.4. The highest BCUT2D eigenvalue weighted by atomic mass is 16.2. The molecule has 3 saturated heterocycles. The number of anilines is 1. The number of hydrogen-bond donors (Lipinski definition) is 0. The molecular formula is C26H36N6O2. The zero-order valence-corrected chi connectivity index (χ0v) is 20.8. The van der Waals surface area contributed by atoms with E-state index in [-0.39, 0.29) is 5.91 Å². The van der Waals surface area contributed by atoms with Gasteiger partial charge in [-0.3, -0.25) is 14.3 Å². The third-order valence-corrected chi connectivity index (χ3v) is 8.20. The fraction of sp³-hybridized carbons (Fsp3) is 0.615. The molecule has 0 spiro atoms. The van der Waals surface area contributed by atoms with E-state index in [4.69, 9.17) is 0 Å². The molecule has 8 heteroatoms. The van der Waals surface area contributed by atoms with Gasteiger partial charge in [0.05, 0.1) is 11.3 Å². The Morgan fingerprint density at radius 3 is 2.74 bits per heavy atom. The first-order valence-corrected chi connectivity index (χ1v) is 12.6. The Labute approximate surface area is 201 Å². The number of aromatic nitrogens is 3. The molecule has 0 aliphatic carbocycles. The van der Waals surface area contributed by atoms with Crippen LogP contribution < -0.4 is 4.90 Å². The summed E-state index contributed by atoms with van der Waals surface area (Å²) in [4.78, 5) is 36.4. The Balaban J connectivity index is 1.21. The largest absolute Gasteiger partial charge is 0.356 e. The second-order valence-electron chi connectivity index (χ2n) is 10.4. The molecule has 3 fully saturated rings. The van der Waals surface area contributed by atoms with Gasteiger partial charge in [0.1, 0.15) is 5.82 Å². The van der Waals surface area contributed by atoms with Gasteiger partial charge >= 0.3 is 0 Å². The van der Waals surface area contributed by atoms with Crippen LogP contribution in [-0.4, -0.2) is 75.6 Å². The standard InChI is InChI=1S/C26H36N6O2/c1-17-22(18(2)30(4)28-17)10-11-29(3)26(34)20-8-9-24(27-13-20)31-14-19-12-21(16-31)23-6-5-7-25(33)32(23)15-19/h8-9,13,19,21,23H,5-7,10-12,14-16H2,1-4H3/t19?,21?,23-/m1/s1. The van der Waals surface area contributed by atoms with Crippen molar-refractivity contribution in [2.75, 3.05) is 38.1 Å². The van der Waals surface area contributed by atoms with Gasteiger partial charge < -0.3 is 14.7 Å². The van der Waals surface area contributed by atoms with Crippen LogP contribution in [-0.2, 0) is 18.3 Å². The molecule has 3 aliphatic rings.